The molecule has 5 heteroatoms. The van der Waals surface area contributed by atoms with Gasteiger partial charge in [-0.25, -0.2) is 8.42 Å². The lowest BCUT2D eigenvalue weighted by atomic mass is 9.92. The van der Waals surface area contributed by atoms with E-state index < -0.39 is 9.84 Å². The van der Waals surface area contributed by atoms with Gasteiger partial charge in [-0.15, -0.1) is 0 Å². The maximum absolute atomic E-state index is 11.1. The van der Waals surface area contributed by atoms with Gasteiger partial charge in [-0.3, -0.25) is 0 Å². The highest BCUT2D eigenvalue weighted by Crippen LogP contribution is 2.18. The van der Waals surface area contributed by atoms with Gasteiger partial charge in [-0.05, 0) is 19.8 Å². The first-order valence-electron chi connectivity index (χ1n) is 5.50. The molecule has 0 aromatic carbocycles. The van der Waals surface area contributed by atoms with Gasteiger partial charge in [0, 0.05) is 18.3 Å². The minimum Gasteiger partial charge on any atom is -0.392 e. The second kappa shape index (κ2) is 5.27. The Morgan fingerprint density at radius 2 is 2.00 bits per heavy atom. The number of aliphatic hydroxyl groups is 1. The summed E-state index contributed by atoms with van der Waals surface area (Å²) in [5, 5.41) is 12.9. The molecular weight excluding hydrogens is 214 g/mol. The van der Waals surface area contributed by atoms with E-state index in [2.05, 4.69) is 5.32 Å². The fraction of sp³-hybridized carbons (Fsp3) is 1.00. The first-order valence-corrected chi connectivity index (χ1v) is 7.56. The van der Waals surface area contributed by atoms with Crippen molar-refractivity contribution >= 4 is 9.84 Å². The summed E-state index contributed by atoms with van der Waals surface area (Å²) in [5.74, 6) is 0.135. The zero-order valence-corrected chi connectivity index (χ0v) is 10.3. The molecule has 0 bridgehead atoms. The van der Waals surface area contributed by atoms with Crippen LogP contribution < -0.4 is 5.32 Å². The molecule has 0 aliphatic heterocycles. The molecule has 0 saturated heterocycles. The summed E-state index contributed by atoms with van der Waals surface area (Å²) in [6, 6.07) is -0.0201. The van der Waals surface area contributed by atoms with E-state index in [4.69, 9.17) is 0 Å². The number of sulfone groups is 1. The highest BCUT2D eigenvalue weighted by molar-refractivity contribution is 7.90. The highest BCUT2D eigenvalue weighted by atomic mass is 32.2. The average molecular weight is 235 g/mol. The molecule has 1 saturated carbocycles. The van der Waals surface area contributed by atoms with Crippen LogP contribution in [0.2, 0.25) is 0 Å². The van der Waals surface area contributed by atoms with Gasteiger partial charge in [-0.2, -0.15) is 0 Å². The second-order valence-electron chi connectivity index (χ2n) is 4.62. The van der Waals surface area contributed by atoms with E-state index in [0.29, 0.717) is 0 Å². The van der Waals surface area contributed by atoms with Crippen LogP contribution in [0.5, 0.6) is 0 Å². The monoisotopic (exact) mass is 235 g/mol. The van der Waals surface area contributed by atoms with Crippen molar-refractivity contribution in [3.63, 3.8) is 0 Å². The first-order chi connectivity index (χ1) is 6.88. The van der Waals surface area contributed by atoms with Crippen LogP contribution in [0.1, 0.15) is 32.6 Å². The minimum absolute atomic E-state index is 0.0653. The van der Waals surface area contributed by atoms with Gasteiger partial charge in [0.2, 0.25) is 0 Å². The van der Waals surface area contributed by atoms with Crippen LogP contribution in [0.3, 0.4) is 0 Å². The maximum atomic E-state index is 11.1. The van der Waals surface area contributed by atoms with Crippen molar-refractivity contribution in [2.24, 2.45) is 0 Å². The SMILES string of the molecule is CC(CS(C)(=O)=O)N[C@H]1CCCC[C@@H]1O. The van der Waals surface area contributed by atoms with Crippen LogP contribution in [0.4, 0.5) is 0 Å². The first kappa shape index (κ1) is 12.9. The number of hydrogen-bond acceptors (Lipinski definition) is 4. The van der Waals surface area contributed by atoms with E-state index in [9.17, 15) is 13.5 Å². The quantitative estimate of drug-likeness (QED) is 0.736. The lowest BCUT2D eigenvalue weighted by molar-refractivity contribution is 0.0872. The Morgan fingerprint density at radius 3 is 2.53 bits per heavy atom. The van der Waals surface area contributed by atoms with Crippen molar-refractivity contribution in [1.29, 1.82) is 0 Å². The minimum atomic E-state index is -2.94. The maximum Gasteiger partial charge on any atom is 0.148 e. The smallest absolute Gasteiger partial charge is 0.148 e. The van der Waals surface area contributed by atoms with Crippen molar-refractivity contribution < 1.29 is 13.5 Å². The number of hydrogen-bond donors (Lipinski definition) is 2. The van der Waals surface area contributed by atoms with Gasteiger partial charge >= 0.3 is 0 Å². The zero-order valence-electron chi connectivity index (χ0n) is 9.44. The number of rotatable bonds is 4. The molecule has 1 unspecified atom stereocenters. The van der Waals surface area contributed by atoms with E-state index in [0.717, 1.165) is 25.7 Å². The largest absolute Gasteiger partial charge is 0.392 e. The summed E-state index contributed by atoms with van der Waals surface area (Å²) in [6.07, 6.45) is 4.86. The van der Waals surface area contributed by atoms with Crippen LogP contribution in [0, 0.1) is 0 Å². The van der Waals surface area contributed by atoms with Gasteiger partial charge in [0.05, 0.1) is 11.9 Å². The molecule has 0 amide bonds. The Hall–Kier alpha value is -0.130. The topological polar surface area (TPSA) is 66.4 Å². The van der Waals surface area contributed by atoms with Crippen LogP contribution in [0.15, 0.2) is 0 Å². The molecule has 0 spiro atoms. The molecule has 15 heavy (non-hydrogen) atoms. The Bertz CT molecular complexity index is 289. The number of nitrogens with one attached hydrogen (secondary N) is 1. The fourth-order valence-corrected chi connectivity index (χ4v) is 3.18. The normalized spacial score (nSPS) is 30.1. The van der Waals surface area contributed by atoms with Crippen molar-refractivity contribution in [3.8, 4) is 0 Å². The fourth-order valence-electron chi connectivity index (χ4n) is 2.17. The predicted molar refractivity (Wildman–Crippen MR) is 60.6 cm³/mol. The van der Waals surface area contributed by atoms with Crippen molar-refractivity contribution in [2.45, 2.75) is 50.8 Å². The Kier molecular flexibility index (Phi) is 4.55. The average Bonchev–Trinajstić information content (AvgIpc) is 2.05. The lowest BCUT2D eigenvalue weighted by Gasteiger charge is -2.30. The summed E-state index contributed by atoms with van der Waals surface area (Å²) in [5.41, 5.74) is 0. The number of aliphatic hydroxyl groups excluding tert-OH is 1. The molecule has 0 aromatic heterocycles. The molecule has 4 nitrogen and oxygen atoms in total. The van der Waals surface area contributed by atoms with Crippen LogP contribution in [-0.4, -0.2) is 43.7 Å². The summed E-state index contributed by atoms with van der Waals surface area (Å²) in [4.78, 5) is 0. The van der Waals surface area contributed by atoms with Crippen molar-refractivity contribution in [1.82, 2.24) is 5.32 Å². The summed E-state index contributed by atoms with van der Waals surface area (Å²) in [6.45, 7) is 1.85. The van der Waals surface area contributed by atoms with E-state index in [1.54, 1.807) is 0 Å². The van der Waals surface area contributed by atoms with Gasteiger partial charge in [0.15, 0.2) is 0 Å². The molecule has 1 fully saturated rings. The van der Waals surface area contributed by atoms with Crippen molar-refractivity contribution in [2.75, 3.05) is 12.0 Å². The van der Waals surface area contributed by atoms with Gasteiger partial charge < -0.3 is 10.4 Å². The molecule has 1 aliphatic rings. The van der Waals surface area contributed by atoms with Crippen LogP contribution >= 0.6 is 0 Å². The Morgan fingerprint density at radius 1 is 1.40 bits per heavy atom. The van der Waals surface area contributed by atoms with E-state index in [-0.39, 0.29) is 23.9 Å². The molecule has 0 aromatic rings. The summed E-state index contributed by atoms with van der Waals surface area (Å²) in [7, 11) is -2.94. The Balaban J connectivity index is 2.39. The standard InChI is InChI=1S/C10H21NO3S/c1-8(7-15(2,13)14)11-9-5-3-4-6-10(9)12/h8-12H,3-7H2,1-2H3/t8?,9-,10-/m0/s1. The van der Waals surface area contributed by atoms with Crippen LogP contribution in [0.25, 0.3) is 0 Å². The van der Waals surface area contributed by atoms with E-state index in [1.807, 2.05) is 6.92 Å². The van der Waals surface area contributed by atoms with E-state index >= 15 is 0 Å². The lowest BCUT2D eigenvalue weighted by Crippen LogP contribution is -2.48. The predicted octanol–water partition coefficient (Wildman–Crippen LogP) is 0.313. The third kappa shape index (κ3) is 4.95. The molecule has 1 rings (SSSR count). The second-order valence-corrected chi connectivity index (χ2v) is 6.80. The molecule has 0 radical (unpaired) electrons. The third-order valence-electron chi connectivity index (χ3n) is 2.78. The molecule has 3 atom stereocenters. The molecule has 2 N–H and O–H groups in total. The highest BCUT2D eigenvalue weighted by Gasteiger charge is 2.24. The Labute approximate surface area is 92.0 Å². The van der Waals surface area contributed by atoms with E-state index in [1.165, 1.54) is 6.26 Å². The molecule has 0 heterocycles. The van der Waals surface area contributed by atoms with Crippen LogP contribution in [-0.2, 0) is 9.84 Å². The third-order valence-corrected chi connectivity index (χ3v) is 3.89. The molecular formula is C10H21NO3S. The summed E-state index contributed by atoms with van der Waals surface area (Å²) < 4.78 is 22.1. The zero-order chi connectivity index (χ0) is 11.5. The molecule has 90 valence electrons. The summed E-state index contributed by atoms with van der Waals surface area (Å²) >= 11 is 0. The molecule has 1 aliphatic carbocycles. The van der Waals surface area contributed by atoms with Crippen molar-refractivity contribution in [3.05, 3.63) is 0 Å². The van der Waals surface area contributed by atoms with Gasteiger partial charge in [0.25, 0.3) is 0 Å². The van der Waals surface area contributed by atoms with Gasteiger partial charge in [0.1, 0.15) is 9.84 Å². The van der Waals surface area contributed by atoms with Gasteiger partial charge in [-0.1, -0.05) is 12.8 Å².